The van der Waals surface area contributed by atoms with Crippen molar-refractivity contribution in [2.45, 2.75) is 62.6 Å². The van der Waals surface area contributed by atoms with E-state index in [4.69, 9.17) is 9.72 Å². The zero-order valence-corrected chi connectivity index (χ0v) is 17.3. The average molecular weight is 435 g/mol. The van der Waals surface area contributed by atoms with Crippen molar-refractivity contribution in [1.29, 1.82) is 0 Å². The standard InChI is InChI=1S/C19H22FN5O4S/c1-10-5-6-13-16(10)22-14-4-2-3-12(14)17(13)23-19(26)24-30(27,28)15-7-21-25-8-11(20)9-29-18(15)25/h7,10-11H,2-6,8-9H2,1H3,(H2,22,23,24,26). The third-order valence-electron chi connectivity index (χ3n) is 5.94. The lowest BCUT2D eigenvalue weighted by Gasteiger charge is -2.19. The zero-order chi connectivity index (χ0) is 21.0. The van der Waals surface area contributed by atoms with Crippen LogP contribution in [0.2, 0.25) is 0 Å². The van der Waals surface area contributed by atoms with Gasteiger partial charge in [0.05, 0.1) is 18.4 Å². The van der Waals surface area contributed by atoms with Crippen LogP contribution in [-0.2, 0) is 35.8 Å². The maximum atomic E-state index is 13.4. The molecule has 2 amide bonds. The monoisotopic (exact) mass is 435 g/mol. The Kier molecular flexibility index (Phi) is 4.46. The lowest BCUT2D eigenvalue weighted by Crippen LogP contribution is -2.35. The summed E-state index contributed by atoms with van der Waals surface area (Å²) >= 11 is 0. The van der Waals surface area contributed by atoms with E-state index in [1.807, 2.05) is 4.72 Å². The first-order valence-corrected chi connectivity index (χ1v) is 11.5. The van der Waals surface area contributed by atoms with Crippen LogP contribution in [0, 0.1) is 0 Å². The Morgan fingerprint density at radius 1 is 1.30 bits per heavy atom. The van der Waals surface area contributed by atoms with Crippen LogP contribution < -0.4 is 14.8 Å². The summed E-state index contributed by atoms with van der Waals surface area (Å²) in [6.45, 7) is 1.76. The van der Waals surface area contributed by atoms with Crippen LogP contribution in [-0.4, -0.2) is 42.0 Å². The molecule has 11 heteroatoms. The molecule has 30 heavy (non-hydrogen) atoms. The number of urea groups is 1. The summed E-state index contributed by atoms with van der Waals surface area (Å²) in [6, 6.07) is -0.851. The summed E-state index contributed by atoms with van der Waals surface area (Å²) in [7, 11) is -4.24. The van der Waals surface area contributed by atoms with Gasteiger partial charge in [-0.2, -0.15) is 5.10 Å². The first-order valence-electron chi connectivity index (χ1n) is 10.0. The van der Waals surface area contributed by atoms with E-state index >= 15 is 0 Å². The number of hydrogen-bond donors (Lipinski definition) is 2. The van der Waals surface area contributed by atoms with Crippen molar-refractivity contribution in [2.75, 3.05) is 11.9 Å². The number of aryl methyl sites for hydroxylation is 1. The highest BCUT2D eigenvalue weighted by Crippen LogP contribution is 2.41. The molecule has 3 heterocycles. The Labute approximate surface area is 173 Å². The zero-order valence-electron chi connectivity index (χ0n) is 16.4. The van der Waals surface area contributed by atoms with Crippen LogP contribution in [0.15, 0.2) is 11.1 Å². The number of sulfonamides is 1. The Morgan fingerprint density at radius 3 is 2.97 bits per heavy atom. The topological polar surface area (TPSA) is 115 Å². The van der Waals surface area contributed by atoms with Crippen LogP contribution in [0.3, 0.4) is 0 Å². The number of amides is 2. The second-order valence-electron chi connectivity index (χ2n) is 8.03. The molecule has 0 spiro atoms. The highest BCUT2D eigenvalue weighted by Gasteiger charge is 2.33. The summed E-state index contributed by atoms with van der Waals surface area (Å²) in [4.78, 5) is 17.2. The Bertz CT molecular complexity index is 1150. The maximum Gasteiger partial charge on any atom is 0.333 e. The number of carbonyl (C=O) groups excluding carboxylic acids is 1. The summed E-state index contributed by atoms with van der Waals surface area (Å²) < 4.78 is 47.3. The summed E-state index contributed by atoms with van der Waals surface area (Å²) in [5.41, 5.74) is 4.67. The predicted molar refractivity (Wildman–Crippen MR) is 105 cm³/mol. The maximum absolute atomic E-state index is 13.4. The van der Waals surface area contributed by atoms with Crippen LogP contribution in [0.25, 0.3) is 0 Å². The van der Waals surface area contributed by atoms with Gasteiger partial charge in [-0.3, -0.25) is 4.98 Å². The van der Waals surface area contributed by atoms with Gasteiger partial charge in [-0.25, -0.2) is 27.0 Å². The van der Waals surface area contributed by atoms with Crippen molar-refractivity contribution in [3.8, 4) is 5.88 Å². The molecule has 9 nitrogen and oxygen atoms in total. The molecule has 2 aliphatic carbocycles. The molecule has 2 unspecified atom stereocenters. The Morgan fingerprint density at radius 2 is 2.13 bits per heavy atom. The second kappa shape index (κ2) is 6.93. The fourth-order valence-electron chi connectivity index (χ4n) is 4.50. The smallest absolute Gasteiger partial charge is 0.333 e. The molecule has 0 fully saturated rings. The molecule has 2 aromatic rings. The molecule has 2 aromatic heterocycles. The van der Waals surface area contributed by atoms with E-state index in [0.717, 1.165) is 65.5 Å². The fourth-order valence-corrected chi connectivity index (χ4v) is 5.48. The molecular weight excluding hydrogens is 413 g/mol. The minimum atomic E-state index is -4.24. The van der Waals surface area contributed by atoms with E-state index < -0.39 is 22.2 Å². The van der Waals surface area contributed by atoms with Crippen LogP contribution >= 0.6 is 0 Å². The number of ether oxygens (including phenoxy) is 1. The van der Waals surface area contributed by atoms with Crippen LogP contribution in [0.1, 0.15) is 48.2 Å². The van der Waals surface area contributed by atoms with Crippen LogP contribution in [0.5, 0.6) is 5.88 Å². The third kappa shape index (κ3) is 3.11. The average Bonchev–Trinajstić information content (AvgIpc) is 3.40. The number of alkyl halides is 1. The molecule has 2 atom stereocenters. The van der Waals surface area contributed by atoms with Gasteiger partial charge in [0.15, 0.2) is 11.1 Å². The van der Waals surface area contributed by atoms with Crippen molar-refractivity contribution >= 4 is 21.7 Å². The van der Waals surface area contributed by atoms with E-state index in [9.17, 15) is 17.6 Å². The first-order chi connectivity index (χ1) is 14.3. The fraction of sp³-hybridized carbons (Fsp3) is 0.526. The Hall–Kier alpha value is -2.69. The van der Waals surface area contributed by atoms with Crippen molar-refractivity contribution in [3.63, 3.8) is 0 Å². The van der Waals surface area contributed by atoms with Gasteiger partial charge < -0.3 is 10.1 Å². The van der Waals surface area contributed by atoms with Gasteiger partial charge in [0, 0.05) is 11.4 Å². The first kappa shape index (κ1) is 19.3. The normalized spacial score (nSPS) is 22.1. The minimum Gasteiger partial charge on any atom is -0.474 e. The van der Waals surface area contributed by atoms with Crippen molar-refractivity contribution < 1.29 is 22.3 Å². The molecule has 0 saturated heterocycles. The summed E-state index contributed by atoms with van der Waals surface area (Å²) in [5, 5.41) is 6.63. The van der Waals surface area contributed by atoms with E-state index in [-0.39, 0.29) is 23.9 Å². The third-order valence-corrected chi connectivity index (χ3v) is 7.25. The van der Waals surface area contributed by atoms with E-state index in [2.05, 4.69) is 17.3 Å². The quantitative estimate of drug-likeness (QED) is 0.763. The van der Waals surface area contributed by atoms with Gasteiger partial charge in [0.1, 0.15) is 6.61 Å². The molecule has 5 rings (SSSR count). The number of nitrogens with one attached hydrogen (secondary N) is 2. The number of pyridine rings is 1. The SMILES string of the molecule is CC1CCc2c1nc1c(c2NC(=O)NS(=O)(=O)c2cnn3c2OCC(F)C3)CCC1. The number of aromatic nitrogens is 3. The second-order valence-corrected chi connectivity index (χ2v) is 9.68. The highest BCUT2D eigenvalue weighted by atomic mass is 32.2. The number of fused-ring (bicyclic) bond motifs is 3. The van der Waals surface area contributed by atoms with Gasteiger partial charge >= 0.3 is 6.03 Å². The number of anilines is 1. The summed E-state index contributed by atoms with van der Waals surface area (Å²) in [6.07, 6.45) is 4.18. The van der Waals surface area contributed by atoms with Crippen LogP contribution in [0.4, 0.5) is 14.9 Å². The molecule has 160 valence electrons. The molecular formula is C19H22FN5O4S. The van der Waals surface area contributed by atoms with Gasteiger partial charge in [0.25, 0.3) is 10.0 Å². The highest BCUT2D eigenvalue weighted by molar-refractivity contribution is 7.90. The van der Waals surface area contributed by atoms with Crippen molar-refractivity contribution in [1.82, 2.24) is 19.5 Å². The van der Waals surface area contributed by atoms with E-state index in [1.54, 1.807) is 0 Å². The van der Waals surface area contributed by atoms with Crippen molar-refractivity contribution in [3.05, 3.63) is 28.7 Å². The molecule has 0 radical (unpaired) electrons. The minimum absolute atomic E-state index is 0.0660. The molecule has 0 saturated carbocycles. The Balaban J connectivity index is 1.41. The number of halogens is 1. The molecule has 3 aliphatic rings. The van der Waals surface area contributed by atoms with Crippen molar-refractivity contribution in [2.24, 2.45) is 0 Å². The molecule has 0 aromatic carbocycles. The largest absolute Gasteiger partial charge is 0.474 e. The van der Waals surface area contributed by atoms with E-state index in [0.29, 0.717) is 11.6 Å². The number of hydrogen-bond acceptors (Lipinski definition) is 6. The number of rotatable bonds is 3. The summed E-state index contributed by atoms with van der Waals surface area (Å²) in [5.74, 6) is 0.248. The lowest BCUT2D eigenvalue weighted by atomic mass is 10.0. The molecule has 2 N–H and O–H groups in total. The predicted octanol–water partition coefficient (Wildman–Crippen LogP) is 2.06. The number of nitrogens with zero attached hydrogens (tertiary/aromatic N) is 3. The van der Waals surface area contributed by atoms with E-state index in [1.165, 1.54) is 0 Å². The van der Waals surface area contributed by atoms with Gasteiger partial charge in [0.2, 0.25) is 5.88 Å². The molecule has 1 aliphatic heterocycles. The molecule has 0 bridgehead atoms. The lowest BCUT2D eigenvalue weighted by molar-refractivity contribution is 0.122. The van der Waals surface area contributed by atoms with Gasteiger partial charge in [-0.05, 0) is 49.1 Å². The number of carbonyl (C=O) groups is 1. The van der Waals surface area contributed by atoms with Gasteiger partial charge in [-0.1, -0.05) is 6.92 Å². The van der Waals surface area contributed by atoms with Gasteiger partial charge in [-0.15, -0.1) is 0 Å².